The SMILES string of the molecule is CN(C)CCCNc1cnnc(Nc2ccc(Br)cc2)n1. The largest absolute Gasteiger partial charge is 0.369 e. The minimum absolute atomic E-state index is 0.481. The first-order valence-corrected chi connectivity index (χ1v) is 7.54. The molecule has 2 N–H and O–H groups in total. The third-order valence-electron chi connectivity index (χ3n) is 2.75. The molecule has 0 aliphatic heterocycles. The van der Waals surface area contributed by atoms with E-state index in [1.165, 1.54) is 0 Å². The number of nitrogens with zero attached hydrogens (tertiary/aromatic N) is 4. The Morgan fingerprint density at radius 2 is 1.95 bits per heavy atom. The Hall–Kier alpha value is -1.73. The van der Waals surface area contributed by atoms with Crippen LogP contribution in [0, 0.1) is 0 Å². The highest BCUT2D eigenvalue weighted by molar-refractivity contribution is 9.10. The molecule has 1 aromatic carbocycles. The van der Waals surface area contributed by atoms with Crippen molar-refractivity contribution in [1.29, 1.82) is 0 Å². The van der Waals surface area contributed by atoms with E-state index in [4.69, 9.17) is 0 Å². The summed E-state index contributed by atoms with van der Waals surface area (Å²) in [5.41, 5.74) is 0.921. The van der Waals surface area contributed by atoms with Crippen LogP contribution in [0.3, 0.4) is 0 Å². The lowest BCUT2D eigenvalue weighted by Crippen LogP contribution is -2.16. The predicted molar refractivity (Wildman–Crippen MR) is 88.9 cm³/mol. The molecule has 1 heterocycles. The Labute approximate surface area is 133 Å². The molecule has 0 spiro atoms. The molecule has 0 aliphatic rings. The number of nitrogens with one attached hydrogen (secondary N) is 2. The molecule has 1 aromatic heterocycles. The fourth-order valence-corrected chi connectivity index (χ4v) is 1.98. The van der Waals surface area contributed by atoms with Crippen LogP contribution in [-0.4, -0.2) is 47.3 Å². The topological polar surface area (TPSA) is 66.0 Å². The molecule has 112 valence electrons. The molecule has 7 heteroatoms. The smallest absolute Gasteiger partial charge is 0.249 e. The third-order valence-corrected chi connectivity index (χ3v) is 3.28. The first-order valence-electron chi connectivity index (χ1n) is 6.74. The summed E-state index contributed by atoms with van der Waals surface area (Å²) in [6.45, 7) is 1.89. The van der Waals surface area contributed by atoms with Gasteiger partial charge >= 0.3 is 0 Å². The summed E-state index contributed by atoms with van der Waals surface area (Å²) in [7, 11) is 4.12. The summed E-state index contributed by atoms with van der Waals surface area (Å²) in [6, 6.07) is 7.81. The standard InChI is InChI=1S/C14H19BrN6/c1-21(2)9-3-8-16-13-10-17-20-14(19-13)18-12-6-4-11(15)5-7-12/h4-7,10H,3,8-9H2,1-2H3,(H2,16,18,19,20). The average Bonchev–Trinajstić information content (AvgIpc) is 2.46. The molecule has 0 atom stereocenters. The van der Waals surface area contributed by atoms with Crippen molar-refractivity contribution in [3.8, 4) is 0 Å². The van der Waals surface area contributed by atoms with E-state index in [1.807, 2.05) is 24.3 Å². The van der Waals surface area contributed by atoms with Gasteiger partial charge in [0.15, 0.2) is 5.82 Å². The highest BCUT2D eigenvalue weighted by Crippen LogP contribution is 2.17. The van der Waals surface area contributed by atoms with Crippen molar-refractivity contribution in [2.24, 2.45) is 0 Å². The highest BCUT2D eigenvalue weighted by atomic mass is 79.9. The first kappa shape index (κ1) is 15.7. The molecule has 0 aliphatic carbocycles. The van der Waals surface area contributed by atoms with E-state index in [9.17, 15) is 0 Å². The van der Waals surface area contributed by atoms with Crippen LogP contribution in [-0.2, 0) is 0 Å². The van der Waals surface area contributed by atoms with Crippen LogP contribution in [0.25, 0.3) is 0 Å². The molecule has 0 amide bonds. The van der Waals surface area contributed by atoms with Crippen molar-refractivity contribution in [3.63, 3.8) is 0 Å². The summed E-state index contributed by atoms with van der Waals surface area (Å²) >= 11 is 3.40. The second kappa shape index (κ2) is 7.90. The quantitative estimate of drug-likeness (QED) is 0.748. The van der Waals surface area contributed by atoms with E-state index in [2.05, 4.69) is 60.7 Å². The van der Waals surface area contributed by atoms with E-state index in [0.29, 0.717) is 5.95 Å². The van der Waals surface area contributed by atoms with Crippen molar-refractivity contribution >= 4 is 33.4 Å². The van der Waals surface area contributed by atoms with Crippen molar-refractivity contribution < 1.29 is 0 Å². The van der Waals surface area contributed by atoms with Gasteiger partial charge in [-0.05, 0) is 51.3 Å². The van der Waals surface area contributed by atoms with Crippen LogP contribution >= 0.6 is 15.9 Å². The molecule has 2 rings (SSSR count). The number of halogens is 1. The number of anilines is 3. The Bertz CT molecular complexity index is 558. The highest BCUT2D eigenvalue weighted by Gasteiger charge is 2.01. The van der Waals surface area contributed by atoms with Gasteiger partial charge in [0.25, 0.3) is 0 Å². The molecule has 0 radical (unpaired) electrons. The second-order valence-electron chi connectivity index (χ2n) is 4.88. The molecular weight excluding hydrogens is 332 g/mol. The lowest BCUT2D eigenvalue weighted by atomic mass is 10.3. The van der Waals surface area contributed by atoms with Crippen LogP contribution in [0.5, 0.6) is 0 Å². The van der Waals surface area contributed by atoms with E-state index in [0.717, 1.165) is 35.5 Å². The fraction of sp³-hybridized carbons (Fsp3) is 0.357. The minimum Gasteiger partial charge on any atom is -0.369 e. The van der Waals surface area contributed by atoms with Crippen LogP contribution in [0.15, 0.2) is 34.9 Å². The first-order chi connectivity index (χ1) is 10.1. The van der Waals surface area contributed by atoms with Crippen LogP contribution in [0.2, 0.25) is 0 Å². The molecule has 0 saturated carbocycles. The summed E-state index contributed by atoms with van der Waals surface area (Å²) < 4.78 is 1.03. The zero-order valence-electron chi connectivity index (χ0n) is 12.2. The molecule has 21 heavy (non-hydrogen) atoms. The van der Waals surface area contributed by atoms with Crippen molar-refractivity contribution in [1.82, 2.24) is 20.1 Å². The maximum Gasteiger partial charge on any atom is 0.249 e. The monoisotopic (exact) mass is 350 g/mol. The van der Waals surface area contributed by atoms with Gasteiger partial charge in [-0.3, -0.25) is 0 Å². The van der Waals surface area contributed by atoms with E-state index in [1.54, 1.807) is 6.20 Å². The van der Waals surface area contributed by atoms with Gasteiger partial charge in [-0.2, -0.15) is 10.1 Å². The van der Waals surface area contributed by atoms with Gasteiger partial charge in [0.1, 0.15) is 0 Å². The molecule has 0 saturated heterocycles. The summed E-state index contributed by atoms with van der Waals surface area (Å²) in [6.07, 6.45) is 2.68. The lowest BCUT2D eigenvalue weighted by molar-refractivity contribution is 0.405. The van der Waals surface area contributed by atoms with Gasteiger partial charge < -0.3 is 15.5 Å². The number of rotatable bonds is 7. The molecule has 0 unspecified atom stereocenters. The summed E-state index contributed by atoms with van der Waals surface area (Å²) in [5, 5.41) is 14.3. The lowest BCUT2D eigenvalue weighted by Gasteiger charge is -2.10. The van der Waals surface area contributed by atoms with Gasteiger partial charge in [0.2, 0.25) is 5.95 Å². The number of benzene rings is 1. The average molecular weight is 351 g/mol. The minimum atomic E-state index is 0.481. The molecule has 0 bridgehead atoms. The molecule has 0 fully saturated rings. The Kier molecular flexibility index (Phi) is 5.89. The fourth-order valence-electron chi connectivity index (χ4n) is 1.72. The van der Waals surface area contributed by atoms with Crippen molar-refractivity contribution in [2.75, 3.05) is 37.8 Å². The number of hydrogen-bond acceptors (Lipinski definition) is 6. The van der Waals surface area contributed by atoms with Crippen molar-refractivity contribution in [2.45, 2.75) is 6.42 Å². The zero-order valence-corrected chi connectivity index (χ0v) is 13.8. The third kappa shape index (κ3) is 5.65. The normalized spacial score (nSPS) is 10.7. The van der Waals surface area contributed by atoms with E-state index < -0.39 is 0 Å². The molecule has 2 aromatic rings. The summed E-state index contributed by atoms with van der Waals surface area (Å²) in [4.78, 5) is 6.54. The zero-order chi connectivity index (χ0) is 15.1. The van der Waals surface area contributed by atoms with Crippen LogP contribution in [0.4, 0.5) is 17.5 Å². The number of hydrogen-bond donors (Lipinski definition) is 2. The van der Waals surface area contributed by atoms with Gasteiger partial charge in [-0.15, -0.1) is 5.10 Å². The van der Waals surface area contributed by atoms with Crippen molar-refractivity contribution in [3.05, 3.63) is 34.9 Å². The summed E-state index contributed by atoms with van der Waals surface area (Å²) in [5.74, 6) is 1.21. The van der Waals surface area contributed by atoms with Crippen LogP contribution in [0.1, 0.15) is 6.42 Å². The molecular formula is C14H19BrN6. The predicted octanol–water partition coefficient (Wildman–Crippen LogP) is 2.74. The van der Waals surface area contributed by atoms with E-state index >= 15 is 0 Å². The second-order valence-corrected chi connectivity index (χ2v) is 5.80. The maximum atomic E-state index is 4.39. The van der Waals surface area contributed by atoms with Crippen LogP contribution < -0.4 is 10.6 Å². The van der Waals surface area contributed by atoms with Gasteiger partial charge in [-0.25, -0.2) is 0 Å². The van der Waals surface area contributed by atoms with Gasteiger partial charge in [0.05, 0.1) is 6.20 Å². The Morgan fingerprint density at radius 1 is 1.19 bits per heavy atom. The van der Waals surface area contributed by atoms with E-state index in [-0.39, 0.29) is 0 Å². The number of aromatic nitrogens is 3. The Morgan fingerprint density at radius 3 is 2.67 bits per heavy atom. The molecule has 6 nitrogen and oxygen atoms in total. The van der Waals surface area contributed by atoms with Gasteiger partial charge in [-0.1, -0.05) is 15.9 Å². The Balaban J connectivity index is 1.89. The van der Waals surface area contributed by atoms with Gasteiger partial charge in [0, 0.05) is 16.7 Å². The maximum absolute atomic E-state index is 4.39.